The maximum atomic E-state index is 7.18. The van der Waals surface area contributed by atoms with Gasteiger partial charge in [-0.15, -0.1) is 11.3 Å². The summed E-state index contributed by atoms with van der Waals surface area (Å²) < 4.78 is 0. The fourth-order valence-corrected chi connectivity index (χ4v) is 1.32. The third-order valence-electron chi connectivity index (χ3n) is 0.971. The molecule has 0 radical (unpaired) electrons. The molecule has 0 unspecified atom stereocenters. The van der Waals surface area contributed by atoms with Crippen molar-refractivity contribution in [1.29, 1.82) is 5.26 Å². The zero-order valence-electron chi connectivity index (χ0n) is 6.03. The monoisotopic (exact) mass is 186 g/mol. The lowest BCUT2D eigenvalue weighted by Crippen LogP contribution is -2.00. The van der Waals surface area contributed by atoms with Crippen LogP contribution in [0.5, 0.6) is 0 Å². The number of nitrogens with two attached hydrogens (primary N) is 1. The van der Waals surface area contributed by atoms with Crippen LogP contribution in [0.4, 0.5) is 0 Å². The molecular formula is C7H10N2S2. The molecule has 1 heterocycles. The number of thiocyanates is 1. The summed E-state index contributed by atoms with van der Waals surface area (Å²) in [6, 6.07) is 4.16. The summed E-state index contributed by atoms with van der Waals surface area (Å²) in [5.74, 6) is 0. The van der Waals surface area contributed by atoms with E-state index >= 15 is 0 Å². The Labute approximate surface area is 76.1 Å². The molecule has 4 heteroatoms. The Balaban J connectivity index is 0.000000292. The van der Waals surface area contributed by atoms with E-state index in [4.69, 9.17) is 11.0 Å². The lowest BCUT2D eigenvalue weighted by atomic mass is 10.3. The van der Waals surface area contributed by atoms with Crippen molar-refractivity contribution in [3.63, 3.8) is 0 Å². The molecule has 2 nitrogen and oxygen atoms in total. The molecule has 0 bridgehead atoms. The molecule has 0 amide bonds. The molecular weight excluding hydrogens is 176 g/mol. The average molecular weight is 186 g/mol. The van der Waals surface area contributed by atoms with Gasteiger partial charge in [-0.25, -0.2) is 0 Å². The van der Waals surface area contributed by atoms with Gasteiger partial charge >= 0.3 is 0 Å². The minimum absolute atomic E-state index is 0.764. The number of hydrogen-bond acceptors (Lipinski definition) is 4. The highest BCUT2D eigenvalue weighted by Gasteiger charge is 1.87. The van der Waals surface area contributed by atoms with Gasteiger partial charge in [0.1, 0.15) is 5.40 Å². The van der Waals surface area contributed by atoms with E-state index in [9.17, 15) is 0 Å². The topological polar surface area (TPSA) is 49.8 Å². The Kier molecular flexibility index (Phi) is 7.26. The van der Waals surface area contributed by atoms with Gasteiger partial charge in [0.2, 0.25) is 0 Å². The molecule has 2 N–H and O–H groups in total. The Morgan fingerprint density at radius 3 is 2.73 bits per heavy atom. The molecule has 11 heavy (non-hydrogen) atoms. The van der Waals surface area contributed by atoms with E-state index in [0.29, 0.717) is 0 Å². The van der Waals surface area contributed by atoms with Gasteiger partial charge < -0.3 is 5.73 Å². The van der Waals surface area contributed by atoms with Crippen LogP contribution in [-0.4, -0.2) is 6.54 Å². The van der Waals surface area contributed by atoms with Crippen molar-refractivity contribution in [3.8, 4) is 5.40 Å². The van der Waals surface area contributed by atoms with Crippen LogP contribution in [0.2, 0.25) is 0 Å². The van der Waals surface area contributed by atoms with E-state index in [1.165, 1.54) is 10.3 Å². The van der Waals surface area contributed by atoms with Gasteiger partial charge in [0, 0.05) is 4.88 Å². The van der Waals surface area contributed by atoms with Crippen LogP contribution in [0, 0.1) is 10.7 Å². The highest BCUT2D eigenvalue weighted by Crippen LogP contribution is 2.07. The Bertz CT molecular complexity index is 201. The third kappa shape index (κ3) is 5.92. The number of thiophene rings is 1. The van der Waals surface area contributed by atoms with Crippen LogP contribution in [0.3, 0.4) is 0 Å². The average Bonchev–Trinajstić information content (AvgIpc) is 2.42. The summed E-state index contributed by atoms with van der Waals surface area (Å²) >= 11 is 4.86. The zero-order valence-corrected chi connectivity index (χ0v) is 7.74. The molecule has 0 aliphatic carbocycles. The largest absolute Gasteiger partial charge is 0.330 e. The summed E-state index contributed by atoms with van der Waals surface area (Å²) in [4.78, 5) is 1.38. The summed E-state index contributed by atoms with van der Waals surface area (Å²) in [7, 11) is 0. The second-order valence-corrected chi connectivity index (χ2v) is 2.95. The molecule has 0 saturated heterocycles. The highest BCUT2D eigenvalue weighted by molar-refractivity contribution is 7.85. The molecule has 0 atom stereocenters. The van der Waals surface area contributed by atoms with Crippen LogP contribution in [0.15, 0.2) is 17.5 Å². The van der Waals surface area contributed by atoms with Gasteiger partial charge in [-0.2, -0.15) is 5.26 Å². The summed E-state index contributed by atoms with van der Waals surface area (Å²) in [5.41, 5.74) is 5.33. The first kappa shape index (κ1) is 10.5. The van der Waals surface area contributed by atoms with Gasteiger partial charge in [-0.05, 0) is 24.4 Å². The molecule has 0 saturated carbocycles. The predicted molar refractivity (Wildman–Crippen MR) is 51.7 cm³/mol. The Hall–Kier alpha value is -0.500. The third-order valence-corrected chi connectivity index (χ3v) is 1.91. The van der Waals surface area contributed by atoms with Crippen molar-refractivity contribution in [1.82, 2.24) is 0 Å². The van der Waals surface area contributed by atoms with Crippen molar-refractivity contribution in [2.75, 3.05) is 6.54 Å². The predicted octanol–water partition coefficient (Wildman–Crippen LogP) is 1.65. The number of hydrogen-bond donors (Lipinski definition) is 2. The highest BCUT2D eigenvalue weighted by atomic mass is 32.1. The first-order chi connectivity index (χ1) is 5.35. The first-order valence-electron chi connectivity index (χ1n) is 3.10. The minimum atomic E-state index is 0.764. The van der Waals surface area contributed by atoms with Crippen molar-refractivity contribution >= 4 is 24.0 Å². The molecule has 1 rings (SSSR count). The molecule has 1 aromatic heterocycles. The van der Waals surface area contributed by atoms with Crippen LogP contribution >= 0.6 is 24.0 Å². The van der Waals surface area contributed by atoms with Gasteiger partial charge in [0.15, 0.2) is 0 Å². The molecule has 0 spiro atoms. The Morgan fingerprint density at radius 1 is 1.73 bits per heavy atom. The van der Waals surface area contributed by atoms with Gasteiger partial charge in [-0.3, -0.25) is 0 Å². The van der Waals surface area contributed by atoms with Crippen LogP contribution in [-0.2, 0) is 6.42 Å². The summed E-state index contributed by atoms with van der Waals surface area (Å²) in [6.45, 7) is 0.764. The van der Waals surface area contributed by atoms with Crippen molar-refractivity contribution in [2.45, 2.75) is 6.42 Å². The fraction of sp³-hybridized carbons (Fsp3) is 0.286. The lowest BCUT2D eigenvalue weighted by Gasteiger charge is -1.86. The van der Waals surface area contributed by atoms with Crippen LogP contribution in [0.25, 0.3) is 0 Å². The van der Waals surface area contributed by atoms with E-state index < -0.39 is 0 Å². The Morgan fingerprint density at radius 2 is 2.36 bits per heavy atom. The zero-order chi connectivity index (χ0) is 8.53. The summed E-state index contributed by atoms with van der Waals surface area (Å²) in [5, 5.41) is 10.7. The summed E-state index contributed by atoms with van der Waals surface area (Å²) in [6.07, 6.45) is 1.03. The molecule has 0 aliphatic rings. The van der Waals surface area contributed by atoms with Gasteiger partial charge in [0.25, 0.3) is 0 Å². The minimum Gasteiger partial charge on any atom is -0.330 e. The van der Waals surface area contributed by atoms with Crippen LogP contribution < -0.4 is 5.73 Å². The standard InChI is InChI=1S/C6H9NS.CHNS/c7-4-3-6-2-1-5-8-6;2-1-3/h1-2,5H,3-4,7H2;3H. The SMILES string of the molecule is N#CS.NCCc1cccs1. The van der Waals surface area contributed by atoms with Gasteiger partial charge in [0.05, 0.1) is 0 Å². The molecule has 0 fully saturated rings. The normalized spacial score (nSPS) is 7.73. The maximum absolute atomic E-state index is 7.18. The van der Waals surface area contributed by atoms with Crippen molar-refractivity contribution < 1.29 is 0 Å². The van der Waals surface area contributed by atoms with E-state index in [1.54, 1.807) is 11.3 Å². The smallest absolute Gasteiger partial charge is 0.130 e. The molecule has 0 aliphatic heterocycles. The second-order valence-electron chi connectivity index (χ2n) is 1.72. The van der Waals surface area contributed by atoms with Crippen molar-refractivity contribution in [3.05, 3.63) is 22.4 Å². The first-order valence-corrected chi connectivity index (χ1v) is 4.43. The number of nitriles is 1. The quantitative estimate of drug-likeness (QED) is 0.545. The van der Waals surface area contributed by atoms with Crippen LogP contribution in [0.1, 0.15) is 4.88 Å². The van der Waals surface area contributed by atoms with E-state index in [2.05, 4.69) is 30.1 Å². The van der Waals surface area contributed by atoms with Crippen molar-refractivity contribution in [2.24, 2.45) is 5.73 Å². The van der Waals surface area contributed by atoms with E-state index in [1.807, 2.05) is 0 Å². The second kappa shape index (κ2) is 7.61. The molecule has 60 valence electrons. The maximum Gasteiger partial charge on any atom is 0.130 e. The lowest BCUT2D eigenvalue weighted by molar-refractivity contribution is 0.989. The fourth-order valence-electron chi connectivity index (χ4n) is 0.597. The van der Waals surface area contributed by atoms with E-state index in [-0.39, 0.29) is 0 Å². The van der Waals surface area contributed by atoms with Gasteiger partial charge in [-0.1, -0.05) is 18.7 Å². The molecule has 0 aromatic carbocycles. The number of rotatable bonds is 2. The van der Waals surface area contributed by atoms with E-state index in [0.717, 1.165) is 13.0 Å². The number of thiol groups is 1. The molecule has 1 aromatic rings. The number of nitrogens with zero attached hydrogens (tertiary/aromatic N) is 1.